The van der Waals surface area contributed by atoms with Crippen molar-refractivity contribution in [2.45, 2.75) is 6.42 Å². The monoisotopic (exact) mass is 292 g/mol. The fraction of sp³-hybridized carbons (Fsp3) is 0.133. The zero-order valence-electron chi connectivity index (χ0n) is 10.8. The lowest BCUT2D eigenvalue weighted by atomic mass is 10.1. The maximum Gasteiger partial charge on any atom is 0.255 e. The molecule has 0 spiro atoms. The molecule has 0 saturated heterocycles. The second-order valence-electron chi connectivity index (χ2n) is 4.75. The quantitative estimate of drug-likeness (QED) is 0.834. The van der Waals surface area contributed by atoms with Crippen LogP contribution >= 0.6 is 0 Å². The number of nitrogens with one attached hydrogen (secondary N) is 2. The molecule has 2 N–H and O–H groups in total. The number of fused-ring (bicyclic) bond motifs is 1. The maximum absolute atomic E-state index is 13.5. The predicted molar refractivity (Wildman–Crippen MR) is 72.9 cm³/mol. The molecule has 0 atom stereocenters. The van der Waals surface area contributed by atoms with Crippen molar-refractivity contribution in [2.75, 3.05) is 17.2 Å². The third-order valence-corrected chi connectivity index (χ3v) is 3.34. The van der Waals surface area contributed by atoms with Crippen LogP contribution in [0.3, 0.4) is 0 Å². The van der Waals surface area contributed by atoms with E-state index in [4.69, 9.17) is 0 Å². The number of carbonyl (C=O) groups is 1. The molecule has 0 saturated carbocycles. The number of anilines is 2. The summed E-state index contributed by atoms with van der Waals surface area (Å²) in [4.78, 5) is 12.0. The molecule has 108 valence electrons. The van der Waals surface area contributed by atoms with Gasteiger partial charge in [-0.05, 0) is 30.2 Å². The van der Waals surface area contributed by atoms with Crippen molar-refractivity contribution in [3.63, 3.8) is 0 Å². The molecule has 3 nitrogen and oxygen atoms in total. The van der Waals surface area contributed by atoms with Gasteiger partial charge in [0.2, 0.25) is 0 Å². The standard InChI is InChI=1S/C15H11F3N2O/c16-10-6-12(18)14(7-11(10)17)20-15(21)9-1-2-13-8(5-9)3-4-19-13/h1-2,5-7,19H,3-4H2,(H,20,21). The summed E-state index contributed by atoms with van der Waals surface area (Å²) < 4.78 is 39.4. The Bertz CT molecular complexity index is 731. The van der Waals surface area contributed by atoms with Gasteiger partial charge in [0.05, 0.1) is 5.69 Å². The zero-order chi connectivity index (χ0) is 15.0. The van der Waals surface area contributed by atoms with Crippen LogP contribution in [-0.2, 0) is 6.42 Å². The number of rotatable bonds is 2. The average Bonchev–Trinajstić information content (AvgIpc) is 2.92. The molecular weight excluding hydrogens is 281 g/mol. The number of hydrogen-bond acceptors (Lipinski definition) is 2. The minimum absolute atomic E-state index is 0.335. The number of amides is 1. The highest BCUT2D eigenvalue weighted by atomic mass is 19.2. The fourth-order valence-corrected chi connectivity index (χ4v) is 2.26. The summed E-state index contributed by atoms with van der Waals surface area (Å²) in [5.74, 6) is -4.11. The van der Waals surface area contributed by atoms with Crippen LogP contribution in [-0.4, -0.2) is 12.5 Å². The molecule has 21 heavy (non-hydrogen) atoms. The molecule has 6 heteroatoms. The van der Waals surface area contributed by atoms with Crippen molar-refractivity contribution in [1.82, 2.24) is 0 Å². The third kappa shape index (κ3) is 2.56. The van der Waals surface area contributed by atoms with Crippen LogP contribution in [0, 0.1) is 17.5 Å². The number of carbonyl (C=O) groups excluding carboxylic acids is 1. The Hall–Kier alpha value is -2.50. The average molecular weight is 292 g/mol. The maximum atomic E-state index is 13.5. The van der Waals surface area contributed by atoms with E-state index in [1.54, 1.807) is 18.2 Å². The van der Waals surface area contributed by atoms with Crippen LogP contribution in [0.2, 0.25) is 0 Å². The van der Waals surface area contributed by atoms with Gasteiger partial charge in [-0.15, -0.1) is 0 Å². The van der Waals surface area contributed by atoms with E-state index >= 15 is 0 Å². The number of benzene rings is 2. The normalized spacial score (nSPS) is 12.7. The largest absolute Gasteiger partial charge is 0.384 e. The van der Waals surface area contributed by atoms with E-state index in [0.29, 0.717) is 17.7 Å². The molecule has 3 rings (SSSR count). The summed E-state index contributed by atoms with van der Waals surface area (Å²) in [6.45, 7) is 0.804. The van der Waals surface area contributed by atoms with E-state index in [0.717, 1.165) is 24.2 Å². The summed E-state index contributed by atoms with van der Waals surface area (Å²) in [6.07, 6.45) is 0.802. The van der Waals surface area contributed by atoms with Crippen molar-refractivity contribution in [1.29, 1.82) is 0 Å². The Morgan fingerprint density at radius 2 is 1.81 bits per heavy atom. The molecule has 2 aromatic rings. The first kappa shape index (κ1) is 13.5. The SMILES string of the molecule is O=C(Nc1cc(F)c(F)cc1F)c1ccc2c(c1)CCN2. The van der Waals surface area contributed by atoms with Crippen molar-refractivity contribution < 1.29 is 18.0 Å². The van der Waals surface area contributed by atoms with Gasteiger partial charge in [0.1, 0.15) is 5.82 Å². The highest BCUT2D eigenvalue weighted by Gasteiger charge is 2.16. The molecule has 1 heterocycles. The highest BCUT2D eigenvalue weighted by molar-refractivity contribution is 6.04. The first-order valence-corrected chi connectivity index (χ1v) is 6.37. The minimum Gasteiger partial charge on any atom is -0.384 e. The van der Waals surface area contributed by atoms with E-state index in [9.17, 15) is 18.0 Å². The molecule has 0 fully saturated rings. The Labute approximate surface area is 118 Å². The number of halogens is 3. The molecule has 0 aliphatic carbocycles. The molecule has 1 aliphatic heterocycles. The number of hydrogen-bond donors (Lipinski definition) is 2. The zero-order valence-corrected chi connectivity index (χ0v) is 10.8. The molecule has 1 amide bonds. The minimum atomic E-state index is -1.30. The van der Waals surface area contributed by atoms with Gasteiger partial charge in [-0.2, -0.15) is 0 Å². The van der Waals surface area contributed by atoms with E-state index in [1.165, 1.54) is 0 Å². The van der Waals surface area contributed by atoms with Crippen LogP contribution in [0.5, 0.6) is 0 Å². The lowest BCUT2D eigenvalue weighted by Gasteiger charge is -2.08. The highest BCUT2D eigenvalue weighted by Crippen LogP contribution is 2.24. The second-order valence-corrected chi connectivity index (χ2v) is 4.75. The van der Waals surface area contributed by atoms with E-state index in [1.807, 2.05) is 0 Å². The molecule has 1 aliphatic rings. The van der Waals surface area contributed by atoms with Crippen LogP contribution in [0.25, 0.3) is 0 Å². The van der Waals surface area contributed by atoms with Crippen LogP contribution < -0.4 is 10.6 Å². The molecule has 0 aromatic heterocycles. The van der Waals surface area contributed by atoms with Gasteiger partial charge >= 0.3 is 0 Å². The van der Waals surface area contributed by atoms with Gasteiger partial charge in [-0.3, -0.25) is 4.79 Å². The first-order valence-electron chi connectivity index (χ1n) is 6.37. The topological polar surface area (TPSA) is 41.1 Å². The van der Waals surface area contributed by atoms with Crippen molar-refractivity contribution >= 4 is 17.3 Å². The van der Waals surface area contributed by atoms with Gasteiger partial charge in [-0.25, -0.2) is 13.2 Å². The van der Waals surface area contributed by atoms with E-state index in [2.05, 4.69) is 10.6 Å². The van der Waals surface area contributed by atoms with Gasteiger partial charge in [0, 0.05) is 29.9 Å². The summed E-state index contributed by atoms with van der Waals surface area (Å²) >= 11 is 0. The first-order chi connectivity index (χ1) is 10.0. The summed E-state index contributed by atoms with van der Waals surface area (Å²) in [6, 6.07) is 6.07. The van der Waals surface area contributed by atoms with Crippen LogP contribution in [0.15, 0.2) is 30.3 Å². The fourth-order valence-electron chi connectivity index (χ4n) is 2.26. The van der Waals surface area contributed by atoms with Crippen molar-refractivity contribution in [2.24, 2.45) is 0 Å². The van der Waals surface area contributed by atoms with Gasteiger partial charge in [0.15, 0.2) is 11.6 Å². The molecular formula is C15H11F3N2O. The lowest BCUT2D eigenvalue weighted by molar-refractivity contribution is 0.102. The van der Waals surface area contributed by atoms with E-state index in [-0.39, 0.29) is 0 Å². The van der Waals surface area contributed by atoms with Crippen LogP contribution in [0.4, 0.5) is 24.5 Å². The summed E-state index contributed by atoms with van der Waals surface area (Å²) in [5, 5.41) is 5.40. The van der Waals surface area contributed by atoms with Crippen molar-refractivity contribution in [3.05, 3.63) is 58.9 Å². The molecule has 0 unspecified atom stereocenters. The Morgan fingerprint density at radius 3 is 2.62 bits per heavy atom. The second kappa shape index (κ2) is 5.12. The molecule has 0 bridgehead atoms. The Morgan fingerprint density at radius 1 is 1.05 bits per heavy atom. The lowest BCUT2D eigenvalue weighted by Crippen LogP contribution is -2.13. The Balaban J connectivity index is 1.85. The van der Waals surface area contributed by atoms with Crippen LogP contribution in [0.1, 0.15) is 15.9 Å². The van der Waals surface area contributed by atoms with Gasteiger partial charge in [0.25, 0.3) is 5.91 Å². The molecule has 2 aromatic carbocycles. The third-order valence-electron chi connectivity index (χ3n) is 3.34. The summed E-state index contributed by atoms with van der Waals surface area (Å²) in [5.41, 5.74) is 1.90. The Kier molecular flexibility index (Phi) is 3.29. The smallest absolute Gasteiger partial charge is 0.255 e. The van der Waals surface area contributed by atoms with Gasteiger partial charge < -0.3 is 10.6 Å². The van der Waals surface area contributed by atoms with E-state index < -0.39 is 29.0 Å². The van der Waals surface area contributed by atoms with Crippen molar-refractivity contribution in [3.8, 4) is 0 Å². The predicted octanol–water partition coefficient (Wildman–Crippen LogP) is 3.32. The van der Waals surface area contributed by atoms with Gasteiger partial charge in [-0.1, -0.05) is 0 Å². The molecule has 0 radical (unpaired) electrons. The summed E-state index contributed by atoms with van der Waals surface area (Å²) in [7, 11) is 0.